The first-order chi connectivity index (χ1) is 11.7. The predicted molar refractivity (Wildman–Crippen MR) is 95.2 cm³/mol. The van der Waals surface area contributed by atoms with Crippen molar-refractivity contribution in [1.29, 1.82) is 0 Å². The van der Waals surface area contributed by atoms with Gasteiger partial charge < -0.3 is 14.4 Å². The Kier molecular flexibility index (Phi) is 5.33. The Morgan fingerprint density at radius 1 is 1.25 bits per heavy atom. The molecule has 0 amide bonds. The second kappa shape index (κ2) is 7.64. The van der Waals surface area contributed by atoms with Crippen molar-refractivity contribution in [3.63, 3.8) is 0 Å². The summed E-state index contributed by atoms with van der Waals surface area (Å²) in [4.78, 5) is 13.3. The van der Waals surface area contributed by atoms with Crippen LogP contribution in [0.15, 0.2) is 30.3 Å². The summed E-state index contributed by atoms with van der Waals surface area (Å²) < 4.78 is 7.69. The second-order valence-electron chi connectivity index (χ2n) is 6.15. The molecule has 0 radical (unpaired) electrons. The Morgan fingerprint density at radius 3 is 2.75 bits per heavy atom. The molecule has 1 aromatic carbocycles. The molecule has 0 unspecified atom stereocenters. The van der Waals surface area contributed by atoms with Gasteiger partial charge >= 0.3 is 5.97 Å². The van der Waals surface area contributed by atoms with Crippen LogP contribution in [0.1, 0.15) is 17.7 Å². The van der Waals surface area contributed by atoms with Crippen molar-refractivity contribution in [2.75, 3.05) is 32.8 Å². The Morgan fingerprint density at radius 2 is 2.00 bits per heavy atom. The molecule has 24 heavy (non-hydrogen) atoms. The highest BCUT2D eigenvalue weighted by Gasteiger charge is 2.13. The van der Waals surface area contributed by atoms with Gasteiger partial charge in [0, 0.05) is 54.4 Å². The first kappa shape index (κ1) is 16.7. The molecule has 1 aliphatic heterocycles. The third-order valence-electron chi connectivity index (χ3n) is 4.63. The number of fused-ring (bicyclic) bond motifs is 1. The van der Waals surface area contributed by atoms with Gasteiger partial charge in [-0.1, -0.05) is 18.2 Å². The number of rotatable bonds is 6. The van der Waals surface area contributed by atoms with Crippen LogP contribution in [-0.4, -0.2) is 53.4 Å². The lowest BCUT2D eigenvalue weighted by Gasteiger charge is -2.26. The molecule has 0 aliphatic carbocycles. The quantitative estimate of drug-likeness (QED) is 0.829. The van der Waals surface area contributed by atoms with E-state index in [-0.39, 0.29) is 0 Å². The van der Waals surface area contributed by atoms with Gasteiger partial charge in [-0.3, -0.25) is 4.90 Å². The van der Waals surface area contributed by atoms with Crippen molar-refractivity contribution in [3.05, 3.63) is 41.6 Å². The maximum Gasteiger partial charge on any atom is 0.328 e. The SMILES string of the molecule is Cc1c(/C=C/C(=O)O)c2ccccc2n1CCCN1CCOCC1. The summed E-state index contributed by atoms with van der Waals surface area (Å²) in [6.07, 6.45) is 3.99. The number of benzene rings is 1. The molecule has 0 spiro atoms. The minimum Gasteiger partial charge on any atom is -0.478 e. The summed E-state index contributed by atoms with van der Waals surface area (Å²) in [5.74, 6) is -0.918. The molecule has 5 nitrogen and oxygen atoms in total. The third kappa shape index (κ3) is 3.68. The number of hydrogen-bond acceptors (Lipinski definition) is 3. The van der Waals surface area contributed by atoms with Crippen LogP contribution in [0.5, 0.6) is 0 Å². The maximum absolute atomic E-state index is 10.9. The van der Waals surface area contributed by atoms with Crippen LogP contribution in [0.25, 0.3) is 17.0 Å². The lowest BCUT2D eigenvalue weighted by Crippen LogP contribution is -2.37. The Balaban J connectivity index is 1.79. The summed E-state index contributed by atoms with van der Waals surface area (Å²) in [6.45, 7) is 7.75. The zero-order valence-corrected chi connectivity index (χ0v) is 14.1. The molecule has 1 fully saturated rings. The van der Waals surface area contributed by atoms with Gasteiger partial charge in [0.15, 0.2) is 0 Å². The van der Waals surface area contributed by atoms with Gasteiger partial charge in [-0.25, -0.2) is 4.79 Å². The molecular weight excluding hydrogens is 304 g/mol. The number of hydrogen-bond donors (Lipinski definition) is 1. The number of carboxylic acids is 1. The van der Waals surface area contributed by atoms with Gasteiger partial charge in [-0.15, -0.1) is 0 Å². The average molecular weight is 328 g/mol. The summed E-state index contributed by atoms with van der Waals surface area (Å²) in [5.41, 5.74) is 3.29. The third-order valence-corrected chi connectivity index (χ3v) is 4.63. The van der Waals surface area contributed by atoms with Gasteiger partial charge in [-0.05, 0) is 25.5 Å². The van der Waals surface area contributed by atoms with Gasteiger partial charge in [0.1, 0.15) is 0 Å². The lowest BCUT2D eigenvalue weighted by molar-refractivity contribution is -0.131. The van der Waals surface area contributed by atoms with E-state index in [2.05, 4.69) is 28.5 Å². The largest absolute Gasteiger partial charge is 0.478 e. The normalized spacial score (nSPS) is 16.2. The molecule has 1 N–H and O–H groups in total. The zero-order chi connectivity index (χ0) is 16.9. The van der Waals surface area contributed by atoms with Crippen LogP contribution in [0.2, 0.25) is 0 Å². The van der Waals surface area contributed by atoms with E-state index in [0.29, 0.717) is 0 Å². The number of para-hydroxylation sites is 1. The number of ether oxygens (including phenoxy) is 1. The highest BCUT2D eigenvalue weighted by molar-refractivity contribution is 5.95. The van der Waals surface area contributed by atoms with Crippen LogP contribution in [0, 0.1) is 6.92 Å². The number of morpholine rings is 1. The van der Waals surface area contributed by atoms with Crippen molar-refractivity contribution in [2.24, 2.45) is 0 Å². The molecule has 2 heterocycles. The Hall–Kier alpha value is -2.11. The minimum absolute atomic E-state index is 0.829. The monoisotopic (exact) mass is 328 g/mol. The van der Waals surface area contributed by atoms with Gasteiger partial charge in [0.2, 0.25) is 0 Å². The summed E-state index contributed by atoms with van der Waals surface area (Å²) in [5, 5.41) is 10.0. The summed E-state index contributed by atoms with van der Waals surface area (Å²) in [7, 11) is 0. The maximum atomic E-state index is 10.9. The lowest BCUT2D eigenvalue weighted by atomic mass is 10.1. The fourth-order valence-electron chi connectivity index (χ4n) is 3.39. The number of carboxylic acid groups (broad SMARTS) is 1. The molecule has 5 heteroatoms. The first-order valence-corrected chi connectivity index (χ1v) is 8.46. The molecule has 1 saturated heterocycles. The highest BCUT2D eigenvalue weighted by atomic mass is 16.5. The molecule has 0 atom stereocenters. The molecule has 1 aromatic heterocycles. The van der Waals surface area contributed by atoms with Crippen molar-refractivity contribution >= 4 is 22.9 Å². The number of carbonyl (C=O) groups is 1. The molecule has 2 aromatic rings. The smallest absolute Gasteiger partial charge is 0.328 e. The van der Waals surface area contributed by atoms with E-state index in [0.717, 1.165) is 62.5 Å². The first-order valence-electron chi connectivity index (χ1n) is 8.46. The fraction of sp³-hybridized carbons (Fsp3) is 0.421. The number of aromatic nitrogens is 1. The molecule has 3 rings (SSSR count). The fourth-order valence-corrected chi connectivity index (χ4v) is 3.39. The number of aryl methyl sites for hydroxylation is 1. The summed E-state index contributed by atoms with van der Waals surface area (Å²) >= 11 is 0. The van der Waals surface area contributed by atoms with E-state index >= 15 is 0 Å². The standard InChI is InChI=1S/C19H24N2O3/c1-15-16(7-8-19(22)23)17-5-2-3-6-18(17)21(15)10-4-9-20-11-13-24-14-12-20/h2-3,5-8H,4,9-14H2,1H3,(H,22,23)/b8-7+. The van der Waals surface area contributed by atoms with E-state index in [1.165, 1.54) is 11.6 Å². The van der Waals surface area contributed by atoms with Gasteiger partial charge in [0.25, 0.3) is 0 Å². The average Bonchev–Trinajstić information content (AvgIpc) is 2.86. The Bertz CT molecular complexity index is 742. The van der Waals surface area contributed by atoms with Crippen LogP contribution in [0.4, 0.5) is 0 Å². The summed E-state index contributed by atoms with van der Waals surface area (Å²) in [6, 6.07) is 8.19. The highest BCUT2D eigenvalue weighted by Crippen LogP contribution is 2.27. The number of nitrogens with zero attached hydrogens (tertiary/aromatic N) is 2. The van der Waals surface area contributed by atoms with E-state index in [9.17, 15) is 4.79 Å². The molecule has 1 aliphatic rings. The molecule has 0 saturated carbocycles. The molecular formula is C19H24N2O3. The molecule has 0 bridgehead atoms. The topological polar surface area (TPSA) is 54.7 Å². The van der Waals surface area contributed by atoms with Crippen LogP contribution >= 0.6 is 0 Å². The van der Waals surface area contributed by atoms with Gasteiger partial charge in [0.05, 0.1) is 13.2 Å². The second-order valence-corrected chi connectivity index (χ2v) is 6.15. The number of aliphatic carboxylic acids is 1. The van der Waals surface area contributed by atoms with Crippen molar-refractivity contribution < 1.29 is 14.6 Å². The van der Waals surface area contributed by atoms with Crippen LogP contribution in [-0.2, 0) is 16.1 Å². The van der Waals surface area contributed by atoms with Crippen molar-refractivity contribution in [1.82, 2.24) is 9.47 Å². The van der Waals surface area contributed by atoms with Crippen LogP contribution in [0.3, 0.4) is 0 Å². The predicted octanol–water partition coefficient (Wildman–Crippen LogP) is 2.77. The van der Waals surface area contributed by atoms with Crippen LogP contribution < -0.4 is 0 Å². The van der Waals surface area contributed by atoms with Gasteiger partial charge in [-0.2, -0.15) is 0 Å². The van der Waals surface area contributed by atoms with E-state index in [1.807, 2.05) is 12.1 Å². The van der Waals surface area contributed by atoms with E-state index in [4.69, 9.17) is 9.84 Å². The molecule has 128 valence electrons. The van der Waals surface area contributed by atoms with E-state index in [1.54, 1.807) is 6.08 Å². The zero-order valence-electron chi connectivity index (χ0n) is 14.1. The Labute approximate surface area is 142 Å². The minimum atomic E-state index is -0.918. The van der Waals surface area contributed by atoms with Crippen molar-refractivity contribution in [2.45, 2.75) is 19.9 Å². The van der Waals surface area contributed by atoms with Crippen molar-refractivity contribution in [3.8, 4) is 0 Å². The van der Waals surface area contributed by atoms with E-state index < -0.39 is 5.97 Å².